The number of carbonyl (C=O) groups excluding carboxylic acids is 2. The average Bonchev–Trinajstić information content (AvgIpc) is 2.99. The van der Waals surface area contributed by atoms with Gasteiger partial charge in [-0.1, -0.05) is 35.5 Å². The van der Waals surface area contributed by atoms with Crippen LogP contribution in [0.2, 0.25) is 0 Å². The van der Waals surface area contributed by atoms with Gasteiger partial charge in [0, 0.05) is 25.8 Å². The molecule has 2 rings (SSSR count). The molecule has 1 N–H and O–H groups in total. The summed E-state index contributed by atoms with van der Waals surface area (Å²) in [6, 6.07) is 9.17. The van der Waals surface area contributed by atoms with E-state index in [1.165, 1.54) is 0 Å². The summed E-state index contributed by atoms with van der Waals surface area (Å²) in [6.45, 7) is 2.29. The number of hydrogen-bond donors (Lipinski definition) is 1. The van der Waals surface area contributed by atoms with Crippen molar-refractivity contribution in [3.8, 4) is 11.3 Å². The highest BCUT2D eigenvalue weighted by atomic mass is 16.5. The second kappa shape index (κ2) is 8.83. The molecule has 7 heteroatoms. The van der Waals surface area contributed by atoms with E-state index in [-0.39, 0.29) is 18.1 Å². The van der Waals surface area contributed by atoms with E-state index in [4.69, 9.17) is 14.0 Å². The Labute approximate surface area is 139 Å². The third-order valence-corrected chi connectivity index (χ3v) is 3.30. The lowest BCUT2D eigenvalue weighted by Crippen LogP contribution is -2.30. The van der Waals surface area contributed by atoms with Crippen molar-refractivity contribution in [1.82, 2.24) is 10.5 Å². The highest BCUT2D eigenvalue weighted by molar-refractivity contribution is 5.98. The van der Waals surface area contributed by atoms with Crippen LogP contribution in [0.1, 0.15) is 22.5 Å². The second-order valence-electron chi connectivity index (χ2n) is 5.10. The van der Waals surface area contributed by atoms with Crippen molar-refractivity contribution in [2.45, 2.75) is 13.3 Å². The molecule has 0 radical (unpaired) electrons. The maximum atomic E-state index is 12.3. The molecule has 0 spiro atoms. The van der Waals surface area contributed by atoms with Crippen LogP contribution in [0.3, 0.4) is 0 Å². The number of ether oxygens (including phenoxy) is 2. The third kappa shape index (κ3) is 4.66. The number of hydrogen-bond acceptors (Lipinski definition) is 6. The van der Waals surface area contributed by atoms with Crippen LogP contribution < -0.4 is 5.32 Å². The highest BCUT2D eigenvalue weighted by Gasteiger charge is 2.23. The van der Waals surface area contributed by atoms with Crippen molar-refractivity contribution < 1.29 is 23.6 Å². The molecule has 0 saturated carbocycles. The molecule has 1 aromatic heterocycles. The zero-order chi connectivity index (χ0) is 17.4. The average molecular weight is 332 g/mol. The Hall–Kier alpha value is -2.67. The summed E-state index contributed by atoms with van der Waals surface area (Å²) in [5, 5.41) is 6.56. The molecule has 0 saturated heterocycles. The van der Waals surface area contributed by atoms with Crippen LogP contribution in [0, 0.1) is 6.92 Å². The lowest BCUT2D eigenvalue weighted by molar-refractivity contribution is -0.124. The fourth-order valence-electron chi connectivity index (χ4n) is 2.10. The number of benzene rings is 1. The van der Waals surface area contributed by atoms with Crippen LogP contribution in [-0.2, 0) is 14.3 Å². The van der Waals surface area contributed by atoms with Gasteiger partial charge in [0.1, 0.15) is 17.0 Å². The van der Waals surface area contributed by atoms with Gasteiger partial charge >= 0.3 is 5.97 Å². The Balaban J connectivity index is 1.96. The fourth-order valence-corrected chi connectivity index (χ4v) is 2.10. The minimum atomic E-state index is -0.639. The second-order valence-corrected chi connectivity index (χ2v) is 5.10. The first-order valence-corrected chi connectivity index (χ1v) is 7.58. The van der Waals surface area contributed by atoms with Crippen molar-refractivity contribution in [3.63, 3.8) is 0 Å². The van der Waals surface area contributed by atoms with Crippen LogP contribution >= 0.6 is 0 Å². The van der Waals surface area contributed by atoms with E-state index in [1.54, 1.807) is 14.0 Å². The van der Waals surface area contributed by atoms with Gasteiger partial charge in [0.15, 0.2) is 6.61 Å². The predicted octanol–water partition coefficient (Wildman–Crippen LogP) is 1.96. The first-order chi connectivity index (χ1) is 11.6. The number of amides is 1. The molecule has 0 aliphatic rings. The van der Waals surface area contributed by atoms with E-state index in [0.717, 1.165) is 5.56 Å². The Morgan fingerprint density at radius 1 is 1.25 bits per heavy atom. The summed E-state index contributed by atoms with van der Waals surface area (Å²) in [7, 11) is 1.59. The number of nitrogens with one attached hydrogen (secondary N) is 1. The lowest BCUT2D eigenvalue weighted by Gasteiger charge is -2.06. The van der Waals surface area contributed by atoms with Gasteiger partial charge in [-0.3, -0.25) is 4.79 Å². The zero-order valence-corrected chi connectivity index (χ0v) is 13.7. The molecule has 24 heavy (non-hydrogen) atoms. The largest absolute Gasteiger partial charge is 0.452 e. The smallest absolute Gasteiger partial charge is 0.344 e. The van der Waals surface area contributed by atoms with E-state index in [0.29, 0.717) is 31.0 Å². The van der Waals surface area contributed by atoms with Crippen molar-refractivity contribution in [2.24, 2.45) is 0 Å². The Morgan fingerprint density at radius 2 is 2.00 bits per heavy atom. The molecule has 2 aromatic rings. The van der Waals surface area contributed by atoms with E-state index < -0.39 is 5.97 Å². The fraction of sp³-hybridized carbons (Fsp3) is 0.353. The summed E-state index contributed by atoms with van der Waals surface area (Å²) in [5.74, 6) is -0.658. The molecule has 1 heterocycles. The molecule has 0 aliphatic heterocycles. The standard InChI is InChI=1S/C17H20N2O5/c1-12-15(16(19-24-12)13-7-4-3-5-8-13)17(21)23-11-14(20)18-9-6-10-22-2/h3-5,7-8H,6,9-11H2,1-2H3,(H,18,20). The van der Waals surface area contributed by atoms with Crippen molar-refractivity contribution in [1.29, 1.82) is 0 Å². The maximum Gasteiger partial charge on any atom is 0.344 e. The summed E-state index contributed by atoms with van der Waals surface area (Å²) in [6.07, 6.45) is 0.694. The summed E-state index contributed by atoms with van der Waals surface area (Å²) < 4.78 is 15.1. The maximum absolute atomic E-state index is 12.3. The molecule has 1 aromatic carbocycles. The predicted molar refractivity (Wildman–Crippen MR) is 86.5 cm³/mol. The SMILES string of the molecule is COCCCNC(=O)COC(=O)c1c(-c2ccccc2)noc1C. The summed E-state index contributed by atoms with van der Waals surface area (Å²) in [4.78, 5) is 23.9. The number of rotatable bonds is 8. The molecular formula is C17H20N2O5. The molecule has 0 aliphatic carbocycles. The highest BCUT2D eigenvalue weighted by Crippen LogP contribution is 2.25. The number of aromatic nitrogens is 1. The Kier molecular flexibility index (Phi) is 6.51. The van der Waals surface area contributed by atoms with Gasteiger partial charge in [0.2, 0.25) is 0 Å². The molecular weight excluding hydrogens is 312 g/mol. The van der Waals surface area contributed by atoms with E-state index in [9.17, 15) is 9.59 Å². The van der Waals surface area contributed by atoms with Gasteiger partial charge < -0.3 is 19.3 Å². The first kappa shape index (κ1) is 17.7. The van der Waals surface area contributed by atoms with E-state index >= 15 is 0 Å². The number of esters is 1. The van der Waals surface area contributed by atoms with Crippen molar-refractivity contribution in [3.05, 3.63) is 41.7 Å². The summed E-state index contributed by atoms with van der Waals surface area (Å²) >= 11 is 0. The summed E-state index contributed by atoms with van der Waals surface area (Å²) in [5.41, 5.74) is 1.37. The molecule has 7 nitrogen and oxygen atoms in total. The van der Waals surface area contributed by atoms with Gasteiger partial charge in [-0.15, -0.1) is 0 Å². The monoisotopic (exact) mass is 332 g/mol. The van der Waals surface area contributed by atoms with Gasteiger partial charge in [0.25, 0.3) is 5.91 Å². The number of nitrogens with zero attached hydrogens (tertiary/aromatic N) is 1. The van der Waals surface area contributed by atoms with Gasteiger partial charge in [0.05, 0.1) is 0 Å². The quantitative estimate of drug-likeness (QED) is 0.587. The Bertz CT molecular complexity index is 682. The molecule has 0 bridgehead atoms. The Morgan fingerprint density at radius 3 is 2.71 bits per heavy atom. The number of methoxy groups -OCH3 is 1. The van der Waals surface area contributed by atoms with Crippen molar-refractivity contribution in [2.75, 3.05) is 26.9 Å². The molecule has 0 unspecified atom stereocenters. The zero-order valence-electron chi connectivity index (χ0n) is 13.7. The van der Waals surface area contributed by atoms with Crippen molar-refractivity contribution >= 4 is 11.9 Å². The number of aryl methyl sites for hydroxylation is 1. The normalized spacial score (nSPS) is 10.4. The third-order valence-electron chi connectivity index (χ3n) is 3.30. The minimum Gasteiger partial charge on any atom is -0.452 e. The molecule has 128 valence electrons. The van der Waals surface area contributed by atoms with Crippen LogP contribution in [0.4, 0.5) is 0 Å². The van der Waals surface area contributed by atoms with Gasteiger partial charge in [-0.2, -0.15) is 0 Å². The van der Waals surface area contributed by atoms with Gasteiger partial charge in [-0.25, -0.2) is 4.79 Å². The topological polar surface area (TPSA) is 90.7 Å². The van der Waals surface area contributed by atoms with Crippen LogP contribution in [0.5, 0.6) is 0 Å². The van der Waals surface area contributed by atoms with Gasteiger partial charge in [-0.05, 0) is 13.3 Å². The number of carbonyl (C=O) groups is 2. The molecule has 0 fully saturated rings. The molecule has 1 amide bonds. The molecule has 0 atom stereocenters. The first-order valence-electron chi connectivity index (χ1n) is 7.58. The van der Waals surface area contributed by atoms with Crippen LogP contribution in [0.15, 0.2) is 34.9 Å². The lowest BCUT2D eigenvalue weighted by atomic mass is 10.1. The van der Waals surface area contributed by atoms with Crippen LogP contribution in [-0.4, -0.2) is 43.9 Å². The van der Waals surface area contributed by atoms with E-state index in [2.05, 4.69) is 10.5 Å². The minimum absolute atomic E-state index is 0.230. The van der Waals surface area contributed by atoms with E-state index in [1.807, 2.05) is 30.3 Å². The van der Waals surface area contributed by atoms with Crippen LogP contribution in [0.25, 0.3) is 11.3 Å².